The average molecular weight is 170 g/mol. The fraction of sp³-hybridized carbons (Fsp3) is 0.333. The van der Waals surface area contributed by atoms with Gasteiger partial charge in [-0.3, -0.25) is 0 Å². The van der Waals surface area contributed by atoms with E-state index < -0.39 is 0 Å². The number of hydrogen-bond donors (Lipinski definition) is 1. The Bertz CT molecular complexity index is 162. The van der Waals surface area contributed by atoms with E-state index >= 15 is 0 Å². The molecule has 0 aliphatic carbocycles. The third kappa shape index (κ3) is 4.87. The van der Waals surface area contributed by atoms with E-state index in [1.165, 1.54) is 0 Å². The largest absolute Gasteiger partial charge is 0.314 e. The molecule has 0 saturated heterocycles. The van der Waals surface area contributed by atoms with Crippen molar-refractivity contribution in [2.75, 3.05) is 0 Å². The van der Waals surface area contributed by atoms with Gasteiger partial charge in [0.2, 0.25) is 0 Å². The van der Waals surface area contributed by atoms with Crippen LogP contribution in [0.3, 0.4) is 0 Å². The van der Waals surface area contributed by atoms with E-state index in [0.717, 1.165) is 5.56 Å². The van der Waals surface area contributed by atoms with E-state index in [-0.39, 0.29) is 0 Å². The van der Waals surface area contributed by atoms with Crippen LogP contribution >= 0.6 is 12.9 Å². The van der Waals surface area contributed by atoms with Gasteiger partial charge in [0.25, 0.3) is 0 Å². The van der Waals surface area contributed by atoms with Gasteiger partial charge in [0, 0.05) is 0 Å². The van der Waals surface area contributed by atoms with E-state index in [0.29, 0.717) is 6.61 Å². The van der Waals surface area contributed by atoms with Crippen LogP contribution < -0.4 is 0 Å². The topological polar surface area (TPSA) is 9.23 Å². The van der Waals surface area contributed by atoms with Crippen LogP contribution in [0.5, 0.6) is 0 Å². The number of hydrogen-bond acceptors (Lipinski definition) is 2. The van der Waals surface area contributed by atoms with Crippen molar-refractivity contribution in [3.63, 3.8) is 0 Å². The van der Waals surface area contributed by atoms with Crippen molar-refractivity contribution in [1.29, 1.82) is 0 Å². The van der Waals surface area contributed by atoms with Crippen LogP contribution in [-0.4, -0.2) is 0 Å². The summed E-state index contributed by atoms with van der Waals surface area (Å²) in [5, 5.41) is 0. The van der Waals surface area contributed by atoms with Crippen LogP contribution in [0.25, 0.3) is 0 Å². The number of rotatable bonds is 2. The minimum absolute atomic E-state index is 0.573. The molecule has 0 spiro atoms. The molecule has 0 aromatic heterocycles. The lowest BCUT2D eigenvalue weighted by molar-refractivity contribution is 0.372. The standard InChI is InChI=1S/C7H8OS.C2H6/c9-8-6-7-4-2-1-3-5-7;1-2/h1-5,9H,6H2;1-2H3. The average Bonchev–Trinajstić information content (AvgIpc) is 2.11. The molecule has 0 amide bonds. The Hall–Kier alpha value is -0.470. The molecule has 0 unspecified atom stereocenters. The van der Waals surface area contributed by atoms with Crippen LogP contribution in [0.15, 0.2) is 30.3 Å². The van der Waals surface area contributed by atoms with Gasteiger partial charge in [0.15, 0.2) is 0 Å². The van der Waals surface area contributed by atoms with Crippen LogP contribution in [-0.2, 0) is 10.8 Å². The lowest BCUT2D eigenvalue weighted by atomic mass is 10.2. The van der Waals surface area contributed by atoms with Gasteiger partial charge >= 0.3 is 0 Å². The van der Waals surface area contributed by atoms with Crippen molar-refractivity contribution in [3.8, 4) is 0 Å². The maximum atomic E-state index is 4.62. The molecule has 62 valence electrons. The summed E-state index contributed by atoms with van der Waals surface area (Å²) < 4.78 is 4.62. The molecule has 0 N–H and O–H groups in total. The van der Waals surface area contributed by atoms with Gasteiger partial charge in [0.05, 0.1) is 6.61 Å². The zero-order valence-electron chi connectivity index (χ0n) is 6.95. The van der Waals surface area contributed by atoms with Crippen molar-refractivity contribution in [2.24, 2.45) is 0 Å². The molecule has 0 fully saturated rings. The Balaban J connectivity index is 0.000000461. The highest BCUT2D eigenvalue weighted by Gasteiger charge is 1.85. The first-order chi connectivity index (χ1) is 5.43. The summed E-state index contributed by atoms with van der Waals surface area (Å²) in [6, 6.07) is 9.92. The molecule has 0 bridgehead atoms. The van der Waals surface area contributed by atoms with Gasteiger partial charge in [-0.2, -0.15) is 0 Å². The molecule has 0 aliphatic heterocycles. The van der Waals surface area contributed by atoms with Crippen LogP contribution in [0, 0.1) is 0 Å². The predicted molar refractivity (Wildman–Crippen MR) is 51.6 cm³/mol. The third-order valence-electron chi connectivity index (χ3n) is 1.07. The van der Waals surface area contributed by atoms with Crippen molar-refractivity contribution in [3.05, 3.63) is 35.9 Å². The van der Waals surface area contributed by atoms with Crippen molar-refractivity contribution in [2.45, 2.75) is 20.5 Å². The first-order valence-electron chi connectivity index (χ1n) is 3.74. The second-order valence-corrected chi connectivity index (χ2v) is 2.02. The first kappa shape index (κ1) is 10.5. The second kappa shape index (κ2) is 7.63. The van der Waals surface area contributed by atoms with Crippen LogP contribution in [0.1, 0.15) is 19.4 Å². The highest BCUT2D eigenvalue weighted by molar-refractivity contribution is 7.75. The van der Waals surface area contributed by atoms with Gasteiger partial charge in [0.1, 0.15) is 0 Å². The minimum Gasteiger partial charge on any atom is -0.314 e. The summed E-state index contributed by atoms with van der Waals surface area (Å²) >= 11 is 3.63. The smallest absolute Gasteiger partial charge is 0.0861 e. The number of thiol groups is 1. The molecule has 1 aromatic rings. The third-order valence-corrected chi connectivity index (χ3v) is 1.20. The lowest BCUT2D eigenvalue weighted by Gasteiger charge is -1.94. The summed E-state index contributed by atoms with van der Waals surface area (Å²) in [6.07, 6.45) is 0. The lowest BCUT2D eigenvalue weighted by Crippen LogP contribution is -1.80. The predicted octanol–water partition coefficient (Wildman–Crippen LogP) is 3.07. The Kier molecular flexibility index (Phi) is 7.31. The SMILES string of the molecule is CC.SOCc1ccccc1. The Morgan fingerprint density at radius 2 is 1.73 bits per heavy atom. The zero-order valence-corrected chi connectivity index (χ0v) is 7.84. The molecule has 0 heterocycles. The summed E-state index contributed by atoms with van der Waals surface area (Å²) in [6.45, 7) is 4.57. The first-order valence-corrected chi connectivity index (χ1v) is 4.10. The van der Waals surface area contributed by atoms with E-state index in [1.807, 2.05) is 44.2 Å². The van der Waals surface area contributed by atoms with Gasteiger partial charge in [-0.15, -0.1) is 0 Å². The van der Waals surface area contributed by atoms with Gasteiger partial charge < -0.3 is 4.18 Å². The maximum Gasteiger partial charge on any atom is 0.0861 e. The van der Waals surface area contributed by atoms with E-state index in [2.05, 4.69) is 17.1 Å². The molecule has 0 atom stereocenters. The molecule has 2 heteroatoms. The molecular weight excluding hydrogens is 156 g/mol. The summed E-state index contributed by atoms with van der Waals surface area (Å²) in [4.78, 5) is 0. The molecule has 1 nitrogen and oxygen atoms in total. The van der Waals surface area contributed by atoms with E-state index in [1.54, 1.807) is 0 Å². The quantitative estimate of drug-likeness (QED) is 0.530. The maximum absolute atomic E-state index is 4.62. The van der Waals surface area contributed by atoms with Crippen LogP contribution in [0.4, 0.5) is 0 Å². The van der Waals surface area contributed by atoms with Crippen molar-refractivity contribution >= 4 is 12.9 Å². The highest BCUT2D eigenvalue weighted by atomic mass is 32.1. The van der Waals surface area contributed by atoms with Gasteiger partial charge in [-0.25, -0.2) is 0 Å². The minimum atomic E-state index is 0.573. The monoisotopic (exact) mass is 170 g/mol. The normalized spacial score (nSPS) is 8.27. The fourth-order valence-electron chi connectivity index (χ4n) is 0.649. The molecule has 1 aromatic carbocycles. The molecule has 0 radical (unpaired) electrons. The number of benzene rings is 1. The van der Waals surface area contributed by atoms with Gasteiger partial charge in [-0.05, 0) is 18.5 Å². The molecule has 0 saturated carbocycles. The van der Waals surface area contributed by atoms with E-state index in [4.69, 9.17) is 0 Å². The van der Waals surface area contributed by atoms with Crippen molar-refractivity contribution in [1.82, 2.24) is 0 Å². The molecular formula is C9H14OS. The summed E-state index contributed by atoms with van der Waals surface area (Å²) in [7, 11) is 0. The van der Waals surface area contributed by atoms with Gasteiger partial charge in [-0.1, -0.05) is 44.2 Å². The molecule has 11 heavy (non-hydrogen) atoms. The summed E-state index contributed by atoms with van der Waals surface area (Å²) in [5.74, 6) is 0. The summed E-state index contributed by atoms with van der Waals surface area (Å²) in [5.41, 5.74) is 1.15. The van der Waals surface area contributed by atoms with E-state index in [9.17, 15) is 0 Å². The zero-order chi connectivity index (χ0) is 8.53. The molecule has 1 rings (SSSR count). The highest BCUT2D eigenvalue weighted by Crippen LogP contribution is 2.00. The van der Waals surface area contributed by atoms with Crippen molar-refractivity contribution < 1.29 is 4.18 Å². The Morgan fingerprint density at radius 1 is 1.18 bits per heavy atom. The van der Waals surface area contributed by atoms with Crippen LogP contribution in [0.2, 0.25) is 0 Å². The molecule has 0 aliphatic rings. The Morgan fingerprint density at radius 3 is 2.18 bits per heavy atom. The Labute approximate surface area is 74.0 Å². The fourth-order valence-corrected chi connectivity index (χ4v) is 0.798. The second-order valence-electron chi connectivity index (χ2n) is 1.76.